The lowest BCUT2D eigenvalue weighted by molar-refractivity contribution is 1.52. The minimum Gasteiger partial charge on any atom is -0.0702 e. The van der Waals surface area contributed by atoms with E-state index in [0.29, 0.717) is 0 Å². The van der Waals surface area contributed by atoms with Gasteiger partial charge in [0.2, 0.25) is 0 Å². The second-order valence-corrected chi connectivity index (χ2v) is 6.43. The van der Waals surface area contributed by atoms with E-state index in [9.17, 15) is 0 Å². The third-order valence-corrected chi connectivity index (χ3v) is 3.89. The van der Waals surface area contributed by atoms with E-state index >= 15 is 0 Å². The smallest absolute Gasteiger partial charge is 0.0702 e. The van der Waals surface area contributed by atoms with Crippen LogP contribution in [0.25, 0.3) is 5.57 Å². The van der Waals surface area contributed by atoms with Gasteiger partial charge < -0.3 is 0 Å². The van der Waals surface area contributed by atoms with Crippen LogP contribution in [0.2, 0.25) is 0 Å². The maximum Gasteiger partial charge on any atom is 0.115 e. The molecule has 0 radical (unpaired) electrons. The van der Waals surface area contributed by atoms with Crippen molar-refractivity contribution < 1.29 is 0 Å². The molecule has 0 aliphatic carbocycles. The molecule has 92 valence electrons. The summed E-state index contributed by atoms with van der Waals surface area (Å²) in [7, 11) is 0. The Morgan fingerprint density at radius 1 is 0.667 bits per heavy atom. The van der Waals surface area contributed by atoms with Gasteiger partial charge in [-0.1, -0.05) is 79.3 Å². The zero-order valence-corrected chi connectivity index (χ0v) is 13.8. The molecule has 2 aromatic rings. The summed E-state index contributed by atoms with van der Waals surface area (Å²) >= 11 is 18.8. The number of halogens is 4. The summed E-state index contributed by atoms with van der Waals surface area (Å²) in [5.41, 5.74) is 2.80. The second kappa shape index (κ2) is 6.25. The fourth-order valence-electron chi connectivity index (χ4n) is 1.62. The van der Waals surface area contributed by atoms with Gasteiger partial charge in [0.05, 0.1) is 0 Å². The predicted molar refractivity (Wildman–Crippen MR) is 86.0 cm³/mol. The largest absolute Gasteiger partial charge is 0.115 e. The Morgan fingerprint density at radius 3 is 1.28 bits per heavy atom. The van der Waals surface area contributed by atoms with E-state index in [2.05, 4.69) is 31.9 Å². The van der Waals surface area contributed by atoms with Gasteiger partial charge in [0, 0.05) is 14.5 Å². The monoisotopic (exact) mass is 404 g/mol. The van der Waals surface area contributed by atoms with Crippen LogP contribution >= 0.6 is 55.1 Å². The van der Waals surface area contributed by atoms with Crippen LogP contribution in [0.15, 0.2) is 62.0 Å². The molecule has 0 aromatic heterocycles. The number of benzene rings is 2. The van der Waals surface area contributed by atoms with Crippen molar-refractivity contribution in [2.75, 3.05) is 0 Å². The normalized spacial score (nSPS) is 10.2. The standard InChI is InChI=1S/C14H8Br2Cl2/c15-11-5-1-9(2-6-11)13(14(17)18)10-3-7-12(16)8-4-10/h1-8H. The fraction of sp³-hybridized carbons (Fsp3) is 0. The molecule has 0 aliphatic heterocycles. The first kappa shape index (κ1) is 14.1. The van der Waals surface area contributed by atoms with Gasteiger partial charge in [-0.05, 0) is 35.4 Å². The van der Waals surface area contributed by atoms with Crippen LogP contribution < -0.4 is 0 Å². The lowest BCUT2D eigenvalue weighted by Crippen LogP contribution is -1.88. The highest BCUT2D eigenvalue weighted by Crippen LogP contribution is 2.32. The summed E-state index contributed by atoms with van der Waals surface area (Å²) in [4.78, 5) is 0. The predicted octanol–water partition coefficient (Wildman–Crippen LogP) is 6.41. The molecule has 0 N–H and O–H groups in total. The Balaban J connectivity index is 2.51. The molecule has 0 spiro atoms. The van der Waals surface area contributed by atoms with Crippen molar-refractivity contribution in [3.63, 3.8) is 0 Å². The van der Waals surface area contributed by atoms with E-state index in [1.165, 1.54) is 0 Å². The van der Waals surface area contributed by atoms with Gasteiger partial charge in [-0.25, -0.2) is 0 Å². The highest BCUT2D eigenvalue weighted by atomic mass is 79.9. The van der Waals surface area contributed by atoms with Crippen LogP contribution in [0.4, 0.5) is 0 Å². The van der Waals surface area contributed by atoms with E-state index in [-0.39, 0.29) is 4.49 Å². The molecule has 2 aromatic carbocycles. The van der Waals surface area contributed by atoms with Gasteiger partial charge in [-0.15, -0.1) is 0 Å². The molecular formula is C14H8Br2Cl2. The van der Waals surface area contributed by atoms with Crippen LogP contribution in [-0.2, 0) is 0 Å². The van der Waals surface area contributed by atoms with E-state index in [1.54, 1.807) is 0 Å². The minimum atomic E-state index is 0.264. The first-order valence-electron chi connectivity index (χ1n) is 5.15. The average molecular weight is 407 g/mol. The van der Waals surface area contributed by atoms with Crippen molar-refractivity contribution in [1.29, 1.82) is 0 Å². The Bertz CT molecular complexity index is 520. The van der Waals surface area contributed by atoms with Gasteiger partial charge in [0.15, 0.2) is 0 Å². The van der Waals surface area contributed by atoms with Crippen LogP contribution in [0, 0.1) is 0 Å². The van der Waals surface area contributed by atoms with Crippen molar-refractivity contribution in [2.24, 2.45) is 0 Å². The lowest BCUT2D eigenvalue weighted by atomic mass is 10.00. The van der Waals surface area contributed by atoms with Crippen LogP contribution in [0.5, 0.6) is 0 Å². The zero-order valence-electron chi connectivity index (χ0n) is 9.13. The number of hydrogen-bond acceptors (Lipinski definition) is 0. The summed E-state index contributed by atoms with van der Waals surface area (Å²) in [6, 6.07) is 15.8. The van der Waals surface area contributed by atoms with E-state index in [0.717, 1.165) is 25.6 Å². The Hall–Kier alpha value is -0.280. The maximum atomic E-state index is 6.01. The molecule has 0 atom stereocenters. The van der Waals surface area contributed by atoms with E-state index < -0.39 is 0 Å². The highest BCUT2D eigenvalue weighted by Gasteiger charge is 2.09. The molecule has 0 nitrogen and oxygen atoms in total. The Kier molecular flexibility index (Phi) is 4.91. The molecule has 18 heavy (non-hydrogen) atoms. The van der Waals surface area contributed by atoms with Crippen molar-refractivity contribution in [3.8, 4) is 0 Å². The summed E-state index contributed by atoms with van der Waals surface area (Å²) in [6.07, 6.45) is 0. The van der Waals surface area contributed by atoms with Gasteiger partial charge in [-0.2, -0.15) is 0 Å². The van der Waals surface area contributed by atoms with Gasteiger partial charge in [0.1, 0.15) is 4.49 Å². The molecule has 0 bridgehead atoms. The van der Waals surface area contributed by atoms with Crippen LogP contribution in [0.3, 0.4) is 0 Å². The van der Waals surface area contributed by atoms with Crippen molar-refractivity contribution in [2.45, 2.75) is 0 Å². The number of hydrogen-bond donors (Lipinski definition) is 0. The lowest BCUT2D eigenvalue weighted by Gasteiger charge is -2.09. The van der Waals surface area contributed by atoms with E-state index in [4.69, 9.17) is 23.2 Å². The topological polar surface area (TPSA) is 0 Å². The first-order chi connectivity index (χ1) is 8.58. The third-order valence-electron chi connectivity index (χ3n) is 2.45. The molecule has 0 aliphatic rings. The molecule has 0 saturated carbocycles. The quantitative estimate of drug-likeness (QED) is 0.540. The minimum absolute atomic E-state index is 0.264. The van der Waals surface area contributed by atoms with Gasteiger partial charge in [-0.3, -0.25) is 0 Å². The van der Waals surface area contributed by atoms with Gasteiger partial charge >= 0.3 is 0 Å². The highest BCUT2D eigenvalue weighted by molar-refractivity contribution is 9.10. The molecule has 2 rings (SSSR count). The second-order valence-electron chi connectivity index (χ2n) is 3.65. The fourth-order valence-corrected chi connectivity index (χ4v) is 2.58. The zero-order chi connectivity index (χ0) is 13.1. The molecular weight excluding hydrogens is 399 g/mol. The van der Waals surface area contributed by atoms with Crippen molar-refractivity contribution in [3.05, 3.63) is 73.1 Å². The van der Waals surface area contributed by atoms with Crippen LogP contribution in [-0.4, -0.2) is 0 Å². The maximum absolute atomic E-state index is 6.01. The Labute approximate surface area is 133 Å². The Morgan fingerprint density at radius 2 is 1.00 bits per heavy atom. The third kappa shape index (κ3) is 3.39. The SMILES string of the molecule is ClC(Cl)=C(c1ccc(Br)cc1)c1ccc(Br)cc1. The molecule has 0 unspecified atom stereocenters. The first-order valence-corrected chi connectivity index (χ1v) is 7.49. The summed E-state index contributed by atoms with van der Waals surface area (Å²) in [5.74, 6) is 0. The number of rotatable bonds is 2. The molecule has 0 fully saturated rings. The molecule has 0 heterocycles. The summed E-state index contributed by atoms with van der Waals surface area (Å²) < 4.78 is 2.30. The molecule has 4 heteroatoms. The van der Waals surface area contributed by atoms with Crippen LogP contribution in [0.1, 0.15) is 11.1 Å². The van der Waals surface area contributed by atoms with Gasteiger partial charge in [0.25, 0.3) is 0 Å². The summed E-state index contributed by atoms with van der Waals surface area (Å²) in [6.45, 7) is 0. The average Bonchev–Trinajstić information content (AvgIpc) is 2.34. The summed E-state index contributed by atoms with van der Waals surface area (Å²) in [5, 5.41) is 0. The molecule has 0 amide bonds. The van der Waals surface area contributed by atoms with Crippen molar-refractivity contribution >= 4 is 60.6 Å². The molecule has 0 saturated heterocycles. The van der Waals surface area contributed by atoms with E-state index in [1.807, 2.05) is 48.5 Å². The van der Waals surface area contributed by atoms with Crippen molar-refractivity contribution in [1.82, 2.24) is 0 Å².